The van der Waals surface area contributed by atoms with Crippen molar-refractivity contribution < 1.29 is 12.8 Å². The third-order valence-corrected chi connectivity index (χ3v) is 4.43. The van der Waals surface area contributed by atoms with Crippen LogP contribution in [0.5, 0.6) is 0 Å². The highest BCUT2D eigenvalue weighted by atomic mass is 32.2. The molecule has 2 N–H and O–H groups in total. The van der Waals surface area contributed by atoms with Crippen molar-refractivity contribution in [3.8, 4) is 0 Å². The van der Waals surface area contributed by atoms with E-state index in [1.54, 1.807) is 18.2 Å². The Morgan fingerprint density at radius 1 is 1.41 bits per heavy atom. The fourth-order valence-corrected chi connectivity index (χ4v) is 3.27. The smallest absolute Gasteiger partial charge is 0.316 e. The fourth-order valence-electron chi connectivity index (χ4n) is 1.72. The molecule has 0 radical (unpaired) electrons. The number of nitrogens with two attached hydrogens (primary N) is 1. The summed E-state index contributed by atoms with van der Waals surface area (Å²) in [6.07, 6.45) is 1.96. The summed E-state index contributed by atoms with van der Waals surface area (Å²) in [4.78, 5) is 4.00. The molecule has 3 rings (SSSR count). The van der Waals surface area contributed by atoms with Crippen molar-refractivity contribution in [2.45, 2.75) is 18.1 Å². The first-order valence-electron chi connectivity index (χ1n) is 5.43. The average molecular weight is 252 g/mol. The van der Waals surface area contributed by atoms with Crippen LogP contribution < -0.4 is 5.73 Å². The van der Waals surface area contributed by atoms with E-state index in [1.165, 1.54) is 0 Å². The molecule has 0 atom stereocenters. The summed E-state index contributed by atoms with van der Waals surface area (Å²) in [5.41, 5.74) is 7.06. The van der Waals surface area contributed by atoms with E-state index in [2.05, 4.69) is 4.98 Å². The Bertz CT molecular complexity index is 671. The predicted octanol–water partition coefficient (Wildman–Crippen LogP) is 1.59. The monoisotopic (exact) mass is 252 g/mol. The molecule has 1 aromatic carbocycles. The summed E-state index contributed by atoms with van der Waals surface area (Å²) in [6.45, 7) is 0. The van der Waals surface area contributed by atoms with E-state index in [4.69, 9.17) is 10.2 Å². The van der Waals surface area contributed by atoms with Gasteiger partial charge in [0.2, 0.25) is 9.84 Å². The molecular formula is C11H12N2O3S. The molecule has 0 amide bonds. The second kappa shape index (κ2) is 3.46. The molecule has 1 saturated carbocycles. The van der Waals surface area contributed by atoms with Crippen molar-refractivity contribution in [3.05, 3.63) is 18.2 Å². The van der Waals surface area contributed by atoms with E-state index < -0.39 is 9.84 Å². The van der Waals surface area contributed by atoms with Crippen molar-refractivity contribution in [3.63, 3.8) is 0 Å². The SMILES string of the molecule is Nc1ccc2nc(S(=O)(=O)CC3CC3)oc2c1. The minimum Gasteiger partial charge on any atom is -0.428 e. The number of rotatable bonds is 3. The molecule has 0 saturated heterocycles. The summed E-state index contributed by atoms with van der Waals surface area (Å²) in [7, 11) is -3.39. The summed E-state index contributed by atoms with van der Waals surface area (Å²) in [6, 6.07) is 4.91. The van der Waals surface area contributed by atoms with Gasteiger partial charge in [-0.3, -0.25) is 0 Å². The largest absolute Gasteiger partial charge is 0.428 e. The second-order valence-corrected chi connectivity index (χ2v) is 6.34. The van der Waals surface area contributed by atoms with Crippen LogP contribution in [0.1, 0.15) is 12.8 Å². The Kier molecular flexibility index (Phi) is 2.16. The third-order valence-electron chi connectivity index (χ3n) is 2.81. The van der Waals surface area contributed by atoms with Gasteiger partial charge in [0.1, 0.15) is 5.52 Å². The molecule has 1 aromatic heterocycles. The zero-order valence-electron chi connectivity index (χ0n) is 9.09. The first-order valence-corrected chi connectivity index (χ1v) is 7.09. The molecule has 6 heteroatoms. The van der Waals surface area contributed by atoms with E-state index in [9.17, 15) is 8.42 Å². The standard InChI is InChI=1S/C11H12N2O3S/c12-8-3-4-9-10(5-8)16-11(13-9)17(14,15)6-7-1-2-7/h3-5,7H,1-2,6,12H2. The number of nitrogens with zero attached hydrogens (tertiary/aromatic N) is 1. The Hall–Kier alpha value is -1.56. The zero-order chi connectivity index (χ0) is 12.0. The average Bonchev–Trinajstić information content (AvgIpc) is 2.94. The molecule has 1 heterocycles. The van der Waals surface area contributed by atoms with Crippen molar-refractivity contribution in [1.29, 1.82) is 0 Å². The van der Waals surface area contributed by atoms with E-state index in [-0.39, 0.29) is 16.9 Å². The molecular weight excluding hydrogens is 240 g/mol. The molecule has 0 unspecified atom stereocenters. The van der Waals surface area contributed by atoms with Crippen LogP contribution in [0.3, 0.4) is 0 Å². The Balaban J connectivity index is 2.05. The quantitative estimate of drug-likeness (QED) is 0.838. The van der Waals surface area contributed by atoms with Crippen LogP contribution in [-0.4, -0.2) is 19.2 Å². The predicted molar refractivity (Wildman–Crippen MR) is 63.2 cm³/mol. The van der Waals surface area contributed by atoms with Crippen LogP contribution in [0, 0.1) is 5.92 Å². The van der Waals surface area contributed by atoms with Crippen LogP contribution in [0.25, 0.3) is 11.1 Å². The Morgan fingerprint density at radius 3 is 2.88 bits per heavy atom. The molecule has 17 heavy (non-hydrogen) atoms. The van der Waals surface area contributed by atoms with Crippen LogP contribution in [0.2, 0.25) is 0 Å². The van der Waals surface area contributed by atoms with Gasteiger partial charge in [0.25, 0.3) is 0 Å². The molecule has 1 aliphatic carbocycles. The number of anilines is 1. The van der Waals surface area contributed by atoms with E-state index in [0.717, 1.165) is 12.8 Å². The maximum Gasteiger partial charge on any atom is 0.316 e. The number of oxazole rings is 1. The van der Waals surface area contributed by atoms with Crippen molar-refractivity contribution in [2.75, 3.05) is 11.5 Å². The van der Waals surface area contributed by atoms with E-state index in [1.807, 2.05) is 0 Å². The Morgan fingerprint density at radius 2 is 2.18 bits per heavy atom. The molecule has 90 valence electrons. The minimum absolute atomic E-state index is 0.134. The van der Waals surface area contributed by atoms with Crippen molar-refractivity contribution in [1.82, 2.24) is 4.98 Å². The first kappa shape index (κ1) is 10.6. The number of hydrogen-bond donors (Lipinski definition) is 1. The molecule has 0 spiro atoms. The summed E-state index contributed by atoms with van der Waals surface area (Å²) in [5.74, 6) is 0.412. The number of sulfone groups is 1. The molecule has 0 bridgehead atoms. The zero-order valence-corrected chi connectivity index (χ0v) is 9.90. The Labute approximate surface area is 98.5 Å². The topological polar surface area (TPSA) is 86.2 Å². The molecule has 5 nitrogen and oxygen atoms in total. The number of nitrogen functional groups attached to an aromatic ring is 1. The molecule has 0 aliphatic heterocycles. The summed E-state index contributed by atoms with van der Waals surface area (Å²) < 4.78 is 29.2. The summed E-state index contributed by atoms with van der Waals surface area (Å²) >= 11 is 0. The van der Waals surface area contributed by atoms with Crippen LogP contribution in [0.4, 0.5) is 5.69 Å². The lowest BCUT2D eigenvalue weighted by molar-refractivity contribution is 0.457. The molecule has 2 aromatic rings. The third kappa shape index (κ3) is 2.00. The lowest BCUT2D eigenvalue weighted by Crippen LogP contribution is -2.08. The van der Waals surface area contributed by atoms with Gasteiger partial charge in [-0.1, -0.05) is 0 Å². The van der Waals surface area contributed by atoms with Gasteiger partial charge in [0.15, 0.2) is 5.58 Å². The van der Waals surface area contributed by atoms with E-state index >= 15 is 0 Å². The number of hydrogen-bond acceptors (Lipinski definition) is 5. The van der Waals surface area contributed by atoms with Gasteiger partial charge in [-0.2, -0.15) is 4.98 Å². The highest BCUT2D eigenvalue weighted by Gasteiger charge is 2.32. The minimum atomic E-state index is -3.39. The van der Waals surface area contributed by atoms with Gasteiger partial charge < -0.3 is 10.2 Å². The highest BCUT2D eigenvalue weighted by Crippen LogP contribution is 2.32. The number of fused-ring (bicyclic) bond motifs is 1. The van der Waals surface area contributed by atoms with Crippen molar-refractivity contribution >= 4 is 26.6 Å². The lowest BCUT2D eigenvalue weighted by Gasteiger charge is -1.95. The van der Waals surface area contributed by atoms with Gasteiger partial charge in [0, 0.05) is 11.8 Å². The van der Waals surface area contributed by atoms with Gasteiger partial charge in [-0.15, -0.1) is 0 Å². The maximum atomic E-state index is 11.9. The van der Waals surface area contributed by atoms with Gasteiger partial charge in [-0.25, -0.2) is 8.42 Å². The van der Waals surface area contributed by atoms with Crippen LogP contribution >= 0.6 is 0 Å². The molecule has 1 aliphatic rings. The van der Waals surface area contributed by atoms with E-state index in [0.29, 0.717) is 16.8 Å². The molecule has 1 fully saturated rings. The lowest BCUT2D eigenvalue weighted by atomic mass is 10.3. The first-order chi connectivity index (χ1) is 8.04. The van der Waals surface area contributed by atoms with Gasteiger partial charge in [0.05, 0.1) is 5.75 Å². The maximum absolute atomic E-state index is 11.9. The normalized spacial score (nSPS) is 16.5. The second-order valence-electron chi connectivity index (χ2n) is 4.43. The van der Waals surface area contributed by atoms with Crippen LogP contribution in [0.15, 0.2) is 27.8 Å². The number of aromatic nitrogens is 1. The van der Waals surface area contributed by atoms with Crippen molar-refractivity contribution in [2.24, 2.45) is 5.92 Å². The van der Waals surface area contributed by atoms with Gasteiger partial charge >= 0.3 is 5.22 Å². The fraction of sp³-hybridized carbons (Fsp3) is 0.364. The number of benzene rings is 1. The van der Waals surface area contributed by atoms with Gasteiger partial charge in [-0.05, 0) is 30.9 Å². The summed E-state index contributed by atoms with van der Waals surface area (Å²) in [5, 5.41) is -0.190. The van der Waals surface area contributed by atoms with Crippen LogP contribution in [-0.2, 0) is 9.84 Å². The highest BCUT2D eigenvalue weighted by molar-refractivity contribution is 7.91.